The number of fused-ring (bicyclic) bond motifs is 1. The van der Waals surface area contributed by atoms with E-state index in [0.717, 1.165) is 16.8 Å². The summed E-state index contributed by atoms with van der Waals surface area (Å²) < 4.78 is 0. The fourth-order valence-corrected chi connectivity index (χ4v) is 2.59. The molecular formula is C15H15N3O. The van der Waals surface area contributed by atoms with E-state index >= 15 is 0 Å². The first kappa shape index (κ1) is 11.7. The Morgan fingerprint density at radius 1 is 1.37 bits per heavy atom. The molecule has 3 rings (SSSR count). The minimum absolute atomic E-state index is 0.0422. The lowest BCUT2D eigenvalue weighted by molar-refractivity contribution is 0.0966. The van der Waals surface area contributed by atoms with Crippen LogP contribution in [-0.2, 0) is 0 Å². The summed E-state index contributed by atoms with van der Waals surface area (Å²) in [5, 5.41) is 3.26. The van der Waals surface area contributed by atoms with Gasteiger partial charge in [0.2, 0.25) is 0 Å². The van der Waals surface area contributed by atoms with Crippen molar-refractivity contribution in [3.05, 3.63) is 53.2 Å². The van der Waals surface area contributed by atoms with Gasteiger partial charge in [-0.15, -0.1) is 0 Å². The second kappa shape index (κ2) is 4.39. The predicted octanol–water partition coefficient (Wildman–Crippen LogP) is 2.36. The number of hydrogen-bond acceptors (Lipinski definition) is 4. The number of rotatable bonds is 2. The van der Waals surface area contributed by atoms with Gasteiger partial charge in [-0.05, 0) is 30.2 Å². The van der Waals surface area contributed by atoms with E-state index in [9.17, 15) is 4.79 Å². The highest BCUT2D eigenvalue weighted by Crippen LogP contribution is 2.34. The number of hydrogen-bond donors (Lipinski definition) is 2. The lowest BCUT2D eigenvalue weighted by Crippen LogP contribution is -2.18. The molecule has 1 unspecified atom stereocenters. The molecular weight excluding hydrogens is 238 g/mol. The van der Waals surface area contributed by atoms with Gasteiger partial charge in [-0.3, -0.25) is 4.79 Å². The number of anilines is 2. The summed E-state index contributed by atoms with van der Waals surface area (Å²) in [6, 6.07) is 9.70. The SMILES string of the molecule is Cc1ccnc(N)c1C(=O)C1CNc2ccccc21. The van der Waals surface area contributed by atoms with Crippen LogP contribution in [0, 0.1) is 6.92 Å². The van der Waals surface area contributed by atoms with Crippen LogP contribution in [0.4, 0.5) is 11.5 Å². The van der Waals surface area contributed by atoms with Gasteiger partial charge in [0.15, 0.2) is 5.78 Å². The Kier molecular flexibility index (Phi) is 2.71. The van der Waals surface area contributed by atoms with Crippen LogP contribution in [0.1, 0.15) is 27.4 Å². The molecule has 4 nitrogen and oxygen atoms in total. The number of benzene rings is 1. The first-order chi connectivity index (χ1) is 9.18. The topological polar surface area (TPSA) is 68.0 Å². The van der Waals surface area contributed by atoms with Crippen molar-refractivity contribution in [2.75, 3.05) is 17.6 Å². The molecule has 0 radical (unpaired) electrons. The second-order valence-corrected chi connectivity index (χ2v) is 4.77. The van der Waals surface area contributed by atoms with E-state index in [4.69, 9.17) is 5.73 Å². The van der Waals surface area contributed by atoms with Gasteiger partial charge in [0.25, 0.3) is 0 Å². The zero-order valence-corrected chi connectivity index (χ0v) is 10.7. The van der Waals surface area contributed by atoms with Crippen molar-refractivity contribution in [2.24, 2.45) is 0 Å². The normalized spacial score (nSPS) is 16.8. The number of carbonyl (C=O) groups is 1. The van der Waals surface area contributed by atoms with Gasteiger partial charge in [-0.25, -0.2) is 4.98 Å². The number of carbonyl (C=O) groups excluding carboxylic acids is 1. The van der Waals surface area contributed by atoms with E-state index in [1.54, 1.807) is 6.20 Å². The van der Waals surface area contributed by atoms with Gasteiger partial charge in [0.05, 0.1) is 11.5 Å². The minimum atomic E-state index is -0.179. The summed E-state index contributed by atoms with van der Waals surface area (Å²) in [5.41, 5.74) is 9.35. The van der Waals surface area contributed by atoms with E-state index in [2.05, 4.69) is 10.3 Å². The molecule has 1 aliphatic heterocycles. The largest absolute Gasteiger partial charge is 0.384 e. The van der Waals surface area contributed by atoms with Crippen molar-refractivity contribution in [1.29, 1.82) is 0 Å². The second-order valence-electron chi connectivity index (χ2n) is 4.77. The van der Waals surface area contributed by atoms with Crippen LogP contribution < -0.4 is 11.1 Å². The van der Waals surface area contributed by atoms with E-state index in [1.165, 1.54) is 0 Å². The number of nitrogens with zero attached hydrogens (tertiary/aromatic N) is 1. The van der Waals surface area contributed by atoms with Crippen molar-refractivity contribution in [1.82, 2.24) is 4.98 Å². The molecule has 0 spiro atoms. The fraction of sp³-hybridized carbons (Fsp3) is 0.200. The van der Waals surface area contributed by atoms with Crippen molar-refractivity contribution in [3.8, 4) is 0 Å². The molecule has 1 aromatic carbocycles. The highest BCUT2D eigenvalue weighted by molar-refractivity contribution is 6.07. The summed E-state index contributed by atoms with van der Waals surface area (Å²) in [5.74, 6) is 0.177. The molecule has 3 N–H and O–H groups in total. The number of nitrogens with one attached hydrogen (secondary N) is 1. The third kappa shape index (κ3) is 1.85. The van der Waals surface area contributed by atoms with Crippen LogP contribution in [0.2, 0.25) is 0 Å². The Labute approximate surface area is 111 Å². The molecule has 0 fully saturated rings. The van der Waals surface area contributed by atoms with E-state index in [-0.39, 0.29) is 11.7 Å². The molecule has 2 heterocycles. The molecule has 1 aromatic heterocycles. The summed E-state index contributed by atoms with van der Waals surface area (Å²) >= 11 is 0. The molecule has 0 amide bonds. The molecule has 1 aliphatic rings. The number of nitrogen functional groups attached to an aromatic ring is 1. The zero-order valence-electron chi connectivity index (χ0n) is 10.7. The third-order valence-corrected chi connectivity index (χ3v) is 3.58. The maximum absolute atomic E-state index is 12.7. The summed E-state index contributed by atoms with van der Waals surface area (Å²) in [6.45, 7) is 2.51. The van der Waals surface area contributed by atoms with Crippen LogP contribution in [0.15, 0.2) is 36.5 Å². The van der Waals surface area contributed by atoms with Crippen LogP contribution in [0.3, 0.4) is 0 Å². The molecule has 0 saturated heterocycles. The summed E-state index contributed by atoms with van der Waals surface area (Å²) in [4.78, 5) is 16.7. The maximum Gasteiger partial charge on any atom is 0.176 e. The summed E-state index contributed by atoms with van der Waals surface area (Å²) in [6.07, 6.45) is 1.63. The molecule has 0 aliphatic carbocycles. The number of para-hydroxylation sites is 1. The van der Waals surface area contributed by atoms with Crippen LogP contribution in [-0.4, -0.2) is 17.3 Å². The number of nitrogens with two attached hydrogens (primary N) is 1. The van der Waals surface area contributed by atoms with E-state index < -0.39 is 0 Å². The number of aromatic nitrogens is 1. The first-order valence-electron chi connectivity index (χ1n) is 6.26. The van der Waals surface area contributed by atoms with Gasteiger partial charge in [-0.1, -0.05) is 18.2 Å². The van der Waals surface area contributed by atoms with Crippen molar-refractivity contribution in [2.45, 2.75) is 12.8 Å². The zero-order chi connectivity index (χ0) is 13.4. The molecule has 4 heteroatoms. The molecule has 96 valence electrons. The van der Waals surface area contributed by atoms with Crippen molar-refractivity contribution < 1.29 is 4.79 Å². The first-order valence-corrected chi connectivity index (χ1v) is 6.26. The Bertz CT molecular complexity index is 631. The molecule has 19 heavy (non-hydrogen) atoms. The summed E-state index contributed by atoms with van der Waals surface area (Å²) in [7, 11) is 0. The predicted molar refractivity (Wildman–Crippen MR) is 75.4 cm³/mol. The van der Waals surface area contributed by atoms with Crippen LogP contribution >= 0.6 is 0 Å². The third-order valence-electron chi connectivity index (χ3n) is 3.58. The van der Waals surface area contributed by atoms with E-state index in [1.807, 2.05) is 37.3 Å². The molecule has 0 saturated carbocycles. The molecule has 2 aromatic rings. The standard InChI is InChI=1S/C15H15N3O/c1-9-6-7-17-15(16)13(9)14(19)11-8-18-12-5-3-2-4-10(11)12/h2-7,11,18H,8H2,1H3,(H2,16,17). The number of Topliss-reactive ketones (excluding diaryl/α,β-unsaturated/α-hetero) is 1. The van der Waals surface area contributed by atoms with Gasteiger partial charge in [0, 0.05) is 18.4 Å². The Morgan fingerprint density at radius 2 is 2.16 bits per heavy atom. The highest BCUT2D eigenvalue weighted by atomic mass is 16.1. The van der Waals surface area contributed by atoms with Crippen molar-refractivity contribution >= 4 is 17.3 Å². The fourth-order valence-electron chi connectivity index (χ4n) is 2.59. The highest BCUT2D eigenvalue weighted by Gasteiger charge is 2.30. The Balaban J connectivity index is 2.03. The smallest absolute Gasteiger partial charge is 0.176 e. The minimum Gasteiger partial charge on any atom is -0.384 e. The van der Waals surface area contributed by atoms with E-state index in [0.29, 0.717) is 17.9 Å². The van der Waals surface area contributed by atoms with Gasteiger partial charge < -0.3 is 11.1 Å². The van der Waals surface area contributed by atoms with Gasteiger partial charge in [-0.2, -0.15) is 0 Å². The maximum atomic E-state index is 12.7. The monoisotopic (exact) mass is 253 g/mol. The lowest BCUT2D eigenvalue weighted by atomic mass is 9.91. The molecule has 1 atom stereocenters. The molecule has 0 bridgehead atoms. The quantitative estimate of drug-likeness (QED) is 0.806. The number of ketones is 1. The van der Waals surface area contributed by atoms with Gasteiger partial charge in [0.1, 0.15) is 5.82 Å². The Morgan fingerprint density at radius 3 is 2.95 bits per heavy atom. The van der Waals surface area contributed by atoms with Gasteiger partial charge >= 0.3 is 0 Å². The average Bonchev–Trinajstić information content (AvgIpc) is 2.82. The average molecular weight is 253 g/mol. The van der Waals surface area contributed by atoms with Crippen LogP contribution in [0.5, 0.6) is 0 Å². The Hall–Kier alpha value is -2.36. The van der Waals surface area contributed by atoms with Crippen LogP contribution in [0.25, 0.3) is 0 Å². The number of aryl methyl sites for hydroxylation is 1. The van der Waals surface area contributed by atoms with Crippen molar-refractivity contribution in [3.63, 3.8) is 0 Å². The lowest BCUT2D eigenvalue weighted by Gasteiger charge is -2.12. The number of pyridine rings is 1.